The van der Waals surface area contributed by atoms with Crippen LogP contribution in [0.25, 0.3) is 11.1 Å². The van der Waals surface area contributed by atoms with E-state index in [1.54, 1.807) is 4.90 Å². The number of alkyl carbamates (subject to hydrolysis) is 1. The topological polar surface area (TPSA) is 95.9 Å². The number of amides is 2. The second-order valence-corrected chi connectivity index (χ2v) is 9.09. The van der Waals surface area contributed by atoms with Crippen LogP contribution in [0.2, 0.25) is 0 Å². The lowest BCUT2D eigenvalue weighted by atomic mass is 9.98. The van der Waals surface area contributed by atoms with E-state index in [-0.39, 0.29) is 36.8 Å². The monoisotopic (exact) mass is 464 g/mol. The molecule has 4 rings (SSSR count). The molecule has 0 bridgehead atoms. The van der Waals surface area contributed by atoms with Crippen LogP contribution < -0.4 is 5.32 Å². The van der Waals surface area contributed by atoms with Crippen LogP contribution in [0.3, 0.4) is 0 Å². The number of fused-ring (bicyclic) bond motifs is 3. The summed E-state index contributed by atoms with van der Waals surface area (Å²) in [6.45, 7) is 3.17. The molecule has 0 aromatic heterocycles. The van der Waals surface area contributed by atoms with Crippen molar-refractivity contribution >= 4 is 18.0 Å². The minimum atomic E-state index is -0.850. The zero-order valence-corrected chi connectivity index (χ0v) is 19.5. The standard InChI is InChI=1S/C27H32N2O5/c1-2-29(15-7-12-25(30)31)26(32)18-13-14-19(16-18)28-27(33)34-17-24-22-10-5-3-8-20(22)21-9-4-6-11-23(21)24/h3-6,8-11,18-19,24H,2,7,12-17H2,1H3,(H,28,33)(H,30,31). The van der Waals surface area contributed by atoms with Crippen LogP contribution in [0, 0.1) is 5.92 Å². The van der Waals surface area contributed by atoms with E-state index in [1.807, 2.05) is 31.2 Å². The third-order valence-electron chi connectivity index (χ3n) is 6.96. The highest BCUT2D eigenvalue weighted by molar-refractivity contribution is 5.80. The molecule has 2 aromatic carbocycles. The molecule has 2 unspecified atom stereocenters. The SMILES string of the molecule is CCN(CCCC(=O)O)C(=O)C1CCC(NC(=O)OCC2c3ccccc3-c3ccccc32)C1. The maximum atomic E-state index is 12.9. The quantitative estimate of drug-likeness (QED) is 0.573. The van der Waals surface area contributed by atoms with Gasteiger partial charge in [0.25, 0.3) is 0 Å². The van der Waals surface area contributed by atoms with Crippen molar-refractivity contribution in [3.05, 3.63) is 59.7 Å². The van der Waals surface area contributed by atoms with Crippen LogP contribution in [-0.4, -0.2) is 53.7 Å². The highest BCUT2D eigenvalue weighted by atomic mass is 16.5. The summed E-state index contributed by atoms with van der Waals surface area (Å²) in [5.74, 6) is -0.940. The molecule has 2 atom stereocenters. The zero-order valence-electron chi connectivity index (χ0n) is 19.5. The minimum Gasteiger partial charge on any atom is -0.481 e. The summed E-state index contributed by atoms with van der Waals surface area (Å²) >= 11 is 0. The molecule has 2 aliphatic carbocycles. The first kappa shape index (κ1) is 23.8. The highest BCUT2D eigenvalue weighted by Gasteiger charge is 2.34. The number of aliphatic carboxylic acids is 1. The molecule has 0 aliphatic heterocycles. The van der Waals surface area contributed by atoms with Crippen molar-refractivity contribution in [2.45, 2.75) is 51.0 Å². The van der Waals surface area contributed by atoms with E-state index in [1.165, 1.54) is 22.3 Å². The zero-order chi connectivity index (χ0) is 24.1. The van der Waals surface area contributed by atoms with Gasteiger partial charge in [-0.05, 0) is 54.9 Å². The predicted octanol–water partition coefficient (Wildman–Crippen LogP) is 4.41. The van der Waals surface area contributed by atoms with Gasteiger partial charge in [0.2, 0.25) is 5.91 Å². The summed E-state index contributed by atoms with van der Waals surface area (Å²) in [5.41, 5.74) is 4.72. The predicted molar refractivity (Wildman–Crippen MR) is 128 cm³/mol. The van der Waals surface area contributed by atoms with Crippen molar-refractivity contribution < 1.29 is 24.2 Å². The second-order valence-electron chi connectivity index (χ2n) is 9.09. The Hall–Kier alpha value is -3.35. The summed E-state index contributed by atoms with van der Waals surface area (Å²) in [7, 11) is 0. The molecule has 2 aliphatic rings. The molecule has 0 radical (unpaired) electrons. The molecule has 2 N–H and O–H groups in total. The number of benzene rings is 2. The number of carbonyl (C=O) groups is 3. The van der Waals surface area contributed by atoms with Gasteiger partial charge in [0.15, 0.2) is 0 Å². The third kappa shape index (κ3) is 5.24. The Bertz CT molecular complexity index is 1010. The van der Waals surface area contributed by atoms with Crippen LogP contribution >= 0.6 is 0 Å². The smallest absolute Gasteiger partial charge is 0.407 e. The lowest BCUT2D eigenvalue weighted by molar-refractivity contribution is -0.139. The fourth-order valence-corrected chi connectivity index (χ4v) is 5.25. The number of nitrogens with one attached hydrogen (secondary N) is 1. The van der Waals surface area contributed by atoms with Gasteiger partial charge in [-0.1, -0.05) is 48.5 Å². The van der Waals surface area contributed by atoms with Gasteiger partial charge in [-0.15, -0.1) is 0 Å². The number of hydrogen-bond acceptors (Lipinski definition) is 4. The van der Waals surface area contributed by atoms with Crippen molar-refractivity contribution in [3.8, 4) is 11.1 Å². The van der Waals surface area contributed by atoms with E-state index in [4.69, 9.17) is 9.84 Å². The summed E-state index contributed by atoms with van der Waals surface area (Å²) in [5, 5.41) is 11.8. The molecule has 34 heavy (non-hydrogen) atoms. The van der Waals surface area contributed by atoms with Crippen molar-refractivity contribution in [1.29, 1.82) is 0 Å². The van der Waals surface area contributed by atoms with E-state index in [0.29, 0.717) is 32.4 Å². The number of carboxylic acid groups (broad SMARTS) is 1. The average Bonchev–Trinajstić information content (AvgIpc) is 3.42. The van der Waals surface area contributed by atoms with Crippen molar-refractivity contribution in [2.75, 3.05) is 19.7 Å². The van der Waals surface area contributed by atoms with Crippen LogP contribution in [0.15, 0.2) is 48.5 Å². The Labute approximate surface area is 200 Å². The van der Waals surface area contributed by atoms with Crippen LogP contribution in [0.4, 0.5) is 4.79 Å². The summed E-state index contributed by atoms with van der Waals surface area (Å²) in [6.07, 6.45) is 2.08. The van der Waals surface area contributed by atoms with Crippen molar-refractivity contribution in [3.63, 3.8) is 0 Å². The van der Waals surface area contributed by atoms with Crippen LogP contribution in [-0.2, 0) is 14.3 Å². The molecule has 7 nitrogen and oxygen atoms in total. The van der Waals surface area contributed by atoms with Gasteiger partial charge >= 0.3 is 12.1 Å². The lowest BCUT2D eigenvalue weighted by Crippen LogP contribution is -2.38. The Kier molecular flexibility index (Phi) is 7.50. The molecule has 0 spiro atoms. The summed E-state index contributed by atoms with van der Waals surface area (Å²) in [6, 6.07) is 16.3. The number of hydrogen-bond donors (Lipinski definition) is 2. The Morgan fingerprint density at radius 1 is 1.03 bits per heavy atom. The maximum Gasteiger partial charge on any atom is 0.407 e. The van der Waals surface area contributed by atoms with E-state index >= 15 is 0 Å². The van der Waals surface area contributed by atoms with Crippen LogP contribution in [0.5, 0.6) is 0 Å². The second kappa shape index (κ2) is 10.7. The van der Waals surface area contributed by atoms with Gasteiger partial charge in [-0.3, -0.25) is 9.59 Å². The van der Waals surface area contributed by atoms with Crippen molar-refractivity contribution in [2.24, 2.45) is 5.92 Å². The molecular weight excluding hydrogens is 432 g/mol. The normalized spacial score (nSPS) is 18.7. The average molecular weight is 465 g/mol. The van der Waals surface area contributed by atoms with Gasteiger partial charge < -0.3 is 20.1 Å². The minimum absolute atomic E-state index is 0.0139. The Morgan fingerprint density at radius 2 is 1.68 bits per heavy atom. The van der Waals surface area contributed by atoms with E-state index < -0.39 is 12.1 Å². The number of rotatable bonds is 9. The first-order chi connectivity index (χ1) is 16.5. The molecule has 1 fully saturated rings. The largest absolute Gasteiger partial charge is 0.481 e. The summed E-state index contributed by atoms with van der Waals surface area (Å²) in [4.78, 5) is 37.9. The molecule has 180 valence electrons. The number of carbonyl (C=O) groups excluding carboxylic acids is 2. The Balaban J connectivity index is 1.28. The fraction of sp³-hybridized carbons (Fsp3) is 0.444. The molecule has 2 amide bonds. The number of nitrogens with zero attached hydrogens (tertiary/aromatic N) is 1. The summed E-state index contributed by atoms with van der Waals surface area (Å²) < 4.78 is 5.64. The molecule has 1 saturated carbocycles. The van der Waals surface area contributed by atoms with E-state index in [9.17, 15) is 14.4 Å². The fourth-order valence-electron chi connectivity index (χ4n) is 5.25. The molecule has 7 heteroatoms. The van der Waals surface area contributed by atoms with Crippen molar-refractivity contribution in [1.82, 2.24) is 10.2 Å². The van der Waals surface area contributed by atoms with Gasteiger partial charge in [-0.2, -0.15) is 0 Å². The molecule has 2 aromatic rings. The van der Waals surface area contributed by atoms with E-state index in [0.717, 1.165) is 6.42 Å². The molecular formula is C27H32N2O5. The molecule has 0 saturated heterocycles. The first-order valence-electron chi connectivity index (χ1n) is 12.1. The van der Waals surface area contributed by atoms with Gasteiger partial charge in [0.05, 0.1) is 0 Å². The van der Waals surface area contributed by atoms with Gasteiger partial charge in [0.1, 0.15) is 6.61 Å². The maximum absolute atomic E-state index is 12.9. The molecule has 0 heterocycles. The van der Waals surface area contributed by atoms with Crippen LogP contribution in [0.1, 0.15) is 56.1 Å². The third-order valence-corrected chi connectivity index (χ3v) is 6.96. The van der Waals surface area contributed by atoms with E-state index in [2.05, 4.69) is 29.6 Å². The first-order valence-corrected chi connectivity index (χ1v) is 12.1. The number of ether oxygens (including phenoxy) is 1. The Morgan fingerprint density at radius 3 is 2.29 bits per heavy atom. The lowest BCUT2D eigenvalue weighted by Gasteiger charge is -2.24. The highest BCUT2D eigenvalue weighted by Crippen LogP contribution is 2.44. The van der Waals surface area contributed by atoms with Gasteiger partial charge in [0, 0.05) is 37.4 Å². The van der Waals surface area contributed by atoms with Gasteiger partial charge in [-0.25, -0.2) is 4.79 Å². The number of carboxylic acids is 1.